The van der Waals surface area contributed by atoms with Gasteiger partial charge >= 0.3 is 0 Å². The number of ether oxygens (including phenoxy) is 4. The van der Waals surface area contributed by atoms with Crippen LogP contribution >= 0.6 is 0 Å². The van der Waals surface area contributed by atoms with Crippen molar-refractivity contribution >= 4 is 0 Å². The van der Waals surface area contributed by atoms with Crippen LogP contribution in [0.3, 0.4) is 0 Å². The van der Waals surface area contributed by atoms with Gasteiger partial charge in [-0.25, -0.2) is 0 Å². The molecule has 0 saturated heterocycles. The van der Waals surface area contributed by atoms with Gasteiger partial charge in [0.1, 0.15) is 12.2 Å². The largest absolute Gasteiger partial charge is 0.490 e. The van der Waals surface area contributed by atoms with Crippen LogP contribution in [0.1, 0.15) is 76.6 Å². The van der Waals surface area contributed by atoms with Crippen molar-refractivity contribution in [2.24, 2.45) is 0 Å². The van der Waals surface area contributed by atoms with Crippen LogP contribution in [0, 0.1) is 25.1 Å². The molecule has 0 radical (unpaired) electrons. The van der Waals surface area contributed by atoms with Gasteiger partial charge in [-0.3, -0.25) is 0 Å². The fraction of sp³-hybridized carbons (Fsp3) is 0.448. The van der Waals surface area contributed by atoms with Gasteiger partial charge in [0.05, 0.1) is 13.2 Å². The van der Waals surface area contributed by atoms with E-state index in [1.165, 1.54) is 22.3 Å². The van der Waals surface area contributed by atoms with E-state index in [4.69, 9.17) is 31.8 Å². The minimum absolute atomic E-state index is 0.0509. The lowest BCUT2D eigenvalue weighted by molar-refractivity contribution is 0.286. The van der Waals surface area contributed by atoms with Crippen molar-refractivity contribution in [3.63, 3.8) is 0 Å². The summed E-state index contributed by atoms with van der Waals surface area (Å²) in [6.45, 7) is 14.3. The molecule has 2 aromatic carbocycles. The number of hydrogen-bond donors (Lipinski definition) is 0. The predicted molar refractivity (Wildman–Crippen MR) is 130 cm³/mol. The Morgan fingerprint density at radius 3 is 1.42 bits per heavy atom. The molecule has 0 amide bonds. The number of fused-ring (bicyclic) bond motifs is 4. The van der Waals surface area contributed by atoms with Crippen LogP contribution in [0.15, 0.2) is 24.3 Å². The molecule has 4 rings (SSSR count). The molecule has 2 aliphatic carbocycles. The fourth-order valence-corrected chi connectivity index (χ4v) is 6.14. The van der Waals surface area contributed by atoms with Crippen LogP contribution in [-0.2, 0) is 16.2 Å². The van der Waals surface area contributed by atoms with E-state index in [0.29, 0.717) is 24.7 Å². The van der Waals surface area contributed by atoms with Gasteiger partial charge in [-0.1, -0.05) is 40.5 Å². The van der Waals surface area contributed by atoms with E-state index in [9.17, 15) is 0 Å². The molecule has 0 aromatic heterocycles. The minimum atomic E-state index is -0.213. The first kappa shape index (κ1) is 22.9. The van der Waals surface area contributed by atoms with E-state index in [1.807, 2.05) is 26.0 Å². The summed E-state index contributed by atoms with van der Waals surface area (Å²) in [7, 11) is 0. The zero-order valence-electron chi connectivity index (χ0n) is 20.4. The van der Waals surface area contributed by atoms with Crippen LogP contribution in [0.25, 0.3) is 0 Å². The quantitative estimate of drug-likeness (QED) is 0.507. The van der Waals surface area contributed by atoms with Crippen molar-refractivity contribution in [2.45, 2.75) is 70.6 Å². The summed E-state index contributed by atoms with van der Waals surface area (Å²) in [5.41, 5.74) is 4.62. The molecule has 0 aliphatic heterocycles. The molecule has 1 atom stereocenters. The highest BCUT2D eigenvalue weighted by Crippen LogP contribution is 2.64. The molecule has 0 bridgehead atoms. The van der Waals surface area contributed by atoms with Crippen molar-refractivity contribution < 1.29 is 18.9 Å². The molecule has 4 nitrogen and oxygen atoms in total. The summed E-state index contributed by atoms with van der Waals surface area (Å²) in [4.78, 5) is 0. The Kier molecular flexibility index (Phi) is 5.53. The maximum Gasteiger partial charge on any atom is 0.184 e. The molecular formula is C29H32O4. The molecule has 172 valence electrons. The SMILES string of the molecule is C#COc1cc2c(cc1OC#C)C1(CC2(C)C)CC(C)(C)c2cc(OCC)c(OCC)cc21. The van der Waals surface area contributed by atoms with Gasteiger partial charge < -0.3 is 18.9 Å². The number of rotatable bonds is 6. The third-order valence-electron chi connectivity index (χ3n) is 7.08. The first-order valence-electron chi connectivity index (χ1n) is 11.5. The lowest BCUT2D eigenvalue weighted by atomic mass is 9.72. The van der Waals surface area contributed by atoms with E-state index in [1.54, 1.807) is 0 Å². The second-order valence-corrected chi connectivity index (χ2v) is 10.2. The number of benzene rings is 2. The predicted octanol–water partition coefficient (Wildman–Crippen LogP) is 6.07. The molecule has 1 unspecified atom stereocenters. The average molecular weight is 445 g/mol. The summed E-state index contributed by atoms with van der Waals surface area (Å²) in [6, 6.07) is 8.40. The van der Waals surface area contributed by atoms with Crippen LogP contribution in [0.2, 0.25) is 0 Å². The van der Waals surface area contributed by atoms with Crippen molar-refractivity contribution in [3.05, 3.63) is 46.5 Å². The molecule has 0 fully saturated rings. The van der Waals surface area contributed by atoms with Crippen molar-refractivity contribution in [2.75, 3.05) is 13.2 Å². The van der Waals surface area contributed by atoms with Crippen LogP contribution in [0.5, 0.6) is 23.0 Å². The fourth-order valence-electron chi connectivity index (χ4n) is 6.14. The summed E-state index contributed by atoms with van der Waals surface area (Å²) < 4.78 is 22.9. The van der Waals surface area contributed by atoms with Gasteiger partial charge in [0.25, 0.3) is 0 Å². The van der Waals surface area contributed by atoms with Crippen LogP contribution in [-0.4, -0.2) is 13.2 Å². The van der Waals surface area contributed by atoms with Crippen molar-refractivity contribution in [1.29, 1.82) is 0 Å². The Morgan fingerprint density at radius 1 is 0.667 bits per heavy atom. The molecule has 2 aromatic rings. The summed E-state index contributed by atoms with van der Waals surface area (Å²) >= 11 is 0. The molecular weight excluding hydrogens is 412 g/mol. The van der Waals surface area contributed by atoms with Gasteiger partial charge in [0.2, 0.25) is 0 Å². The van der Waals surface area contributed by atoms with Crippen molar-refractivity contribution in [3.8, 4) is 48.1 Å². The van der Waals surface area contributed by atoms with E-state index >= 15 is 0 Å². The molecule has 0 heterocycles. The molecule has 33 heavy (non-hydrogen) atoms. The molecule has 0 saturated carbocycles. The Hall–Kier alpha value is -3.24. The van der Waals surface area contributed by atoms with Crippen LogP contribution < -0.4 is 18.9 Å². The normalized spacial score (nSPS) is 21.0. The summed E-state index contributed by atoms with van der Waals surface area (Å²) in [5.74, 6) is 2.52. The van der Waals surface area contributed by atoms with E-state index in [-0.39, 0.29) is 16.2 Å². The standard InChI is InChI=1S/C29H32O4/c1-9-30-23-13-19-21(15-25(23)32-11-3)29(17-27(19,5)6)18-28(7,8)20-14-24(31-10-2)26(33-12-4)16-22(20)29/h1,3,13-16H,10,12,17-18H2,2,4-8H3. The number of hydrogen-bond acceptors (Lipinski definition) is 4. The highest BCUT2D eigenvalue weighted by molar-refractivity contribution is 5.66. The summed E-state index contributed by atoms with van der Waals surface area (Å²) in [6.07, 6.45) is 17.3. The highest BCUT2D eigenvalue weighted by Gasteiger charge is 2.57. The second-order valence-electron chi connectivity index (χ2n) is 10.2. The third kappa shape index (κ3) is 3.50. The maximum atomic E-state index is 6.02. The lowest BCUT2D eigenvalue weighted by Gasteiger charge is -2.30. The van der Waals surface area contributed by atoms with Crippen LogP contribution in [0.4, 0.5) is 0 Å². The highest BCUT2D eigenvalue weighted by atomic mass is 16.5. The Labute approximate surface area is 197 Å². The van der Waals surface area contributed by atoms with E-state index < -0.39 is 0 Å². The van der Waals surface area contributed by atoms with Gasteiger partial charge in [-0.2, -0.15) is 0 Å². The Bertz CT molecular complexity index is 1180. The monoisotopic (exact) mass is 444 g/mol. The first-order valence-corrected chi connectivity index (χ1v) is 11.5. The van der Waals surface area contributed by atoms with E-state index in [2.05, 4.69) is 52.0 Å². The first-order chi connectivity index (χ1) is 15.6. The summed E-state index contributed by atoms with van der Waals surface area (Å²) in [5, 5.41) is 0. The average Bonchev–Trinajstić information content (AvgIpc) is 3.09. The Balaban J connectivity index is 2.00. The number of terminal acetylenes is 2. The van der Waals surface area contributed by atoms with Gasteiger partial charge in [0.15, 0.2) is 23.0 Å². The molecule has 1 spiro atoms. The second kappa shape index (κ2) is 7.96. The third-order valence-corrected chi connectivity index (χ3v) is 7.08. The van der Waals surface area contributed by atoms with Gasteiger partial charge in [-0.05, 0) is 84.0 Å². The smallest absolute Gasteiger partial charge is 0.184 e. The molecule has 2 aliphatic rings. The lowest BCUT2D eigenvalue weighted by Crippen LogP contribution is -2.27. The molecule has 4 heteroatoms. The van der Waals surface area contributed by atoms with Gasteiger partial charge in [0, 0.05) is 5.41 Å². The van der Waals surface area contributed by atoms with E-state index in [0.717, 1.165) is 24.3 Å². The van der Waals surface area contributed by atoms with Crippen molar-refractivity contribution in [1.82, 2.24) is 0 Å². The zero-order chi connectivity index (χ0) is 24.0. The topological polar surface area (TPSA) is 36.9 Å². The Morgan fingerprint density at radius 2 is 1.03 bits per heavy atom. The van der Waals surface area contributed by atoms with Gasteiger partial charge in [-0.15, -0.1) is 0 Å². The minimum Gasteiger partial charge on any atom is -0.490 e. The zero-order valence-corrected chi connectivity index (χ0v) is 20.4. The maximum absolute atomic E-state index is 6.02. The molecule has 0 N–H and O–H groups in total.